The van der Waals surface area contributed by atoms with Crippen LogP contribution in [-0.4, -0.2) is 35.6 Å². The molecule has 1 aromatic carbocycles. The van der Waals surface area contributed by atoms with Crippen LogP contribution in [0.5, 0.6) is 0 Å². The number of carboxylic acid groups (broad SMARTS) is 1. The minimum Gasteiger partial charge on any atom is -0.476 e. The highest BCUT2D eigenvalue weighted by molar-refractivity contribution is 5.92. The maximum absolute atomic E-state index is 11.3. The molecule has 0 aliphatic carbocycles. The molecule has 1 N–H and O–H groups in total. The Balaban J connectivity index is 2.10. The summed E-state index contributed by atoms with van der Waals surface area (Å²) in [6.45, 7) is 0.446. The Hall–Kier alpha value is -2.96. The first-order valence-corrected chi connectivity index (χ1v) is 6.34. The summed E-state index contributed by atoms with van der Waals surface area (Å²) in [5.74, 6) is -1.11. The van der Waals surface area contributed by atoms with E-state index in [0.717, 1.165) is 5.56 Å². The van der Waals surface area contributed by atoms with Crippen molar-refractivity contribution in [3.63, 3.8) is 0 Å². The zero-order chi connectivity index (χ0) is 14.8. The smallest absolute Gasteiger partial charge is 0.358 e. The highest BCUT2D eigenvalue weighted by Crippen LogP contribution is 2.22. The van der Waals surface area contributed by atoms with E-state index >= 15 is 0 Å². The molecule has 3 rings (SSSR count). The van der Waals surface area contributed by atoms with Crippen molar-refractivity contribution in [2.24, 2.45) is 7.05 Å². The number of carbonyl (C=O) groups is 1. The molecule has 7 heteroatoms. The lowest BCUT2D eigenvalue weighted by Gasteiger charge is -2.07. The van der Waals surface area contributed by atoms with Gasteiger partial charge in [-0.1, -0.05) is 35.5 Å². The molecule has 21 heavy (non-hydrogen) atoms. The van der Waals surface area contributed by atoms with Crippen molar-refractivity contribution in [2.45, 2.75) is 6.54 Å². The Bertz CT molecular complexity index is 776. The number of rotatable bonds is 4. The fraction of sp³-hybridized carbons (Fsp3) is 0.143. The van der Waals surface area contributed by atoms with Crippen LogP contribution in [0.4, 0.5) is 0 Å². The van der Waals surface area contributed by atoms with Gasteiger partial charge in [0, 0.05) is 7.05 Å². The molecule has 0 amide bonds. The van der Waals surface area contributed by atoms with E-state index in [4.69, 9.17) is 0 Å². The molecule has 0 radical (unpaired) electrons. The molecule has 7 nitrogen and oxygen atoms in total. The van der Waals surface area contributed by atoms with Crippen LogP contribution in [-0.2, 0) is 13.6 Å². The molecular formula is C14H13N5O2. The number of aryl methyl sites for hydroxylation is 1. The molecule has 0 atom stereocenters. The van der Waals surface area contributed by atoms with Gasteiger partial charge in [-0.3, -0.25) is 0 Å². The summed E-state index contributed by atoms with van der Waals surface area (Å²) in [7, 11) is 1.80. The molecule has 0 aliphatic rings. The van der Waals surface area contributed by atoms with Crippen molar-refractivity contribution in [3.05, 3.63) is 54.1 Å². The van der Waals surface area contributed by atoms with E-state index in [1.54, 1.807) is 28.8 Å². The first-order chi connectivity index (χ1) is 10.2. The van der Waals surface area contributed by atoms with Crippen LogP contribution in [0.2, 0.25) is 0 Å². The SMILES string of the molecule is Cn1cncc1-c1c(C(=O)O)nnn1Cc1ccccc1. The average molecular weight is 283 g/mol. The topological polar surface area (TPSA) is 85.8 Å². The number of benzene rings is 1. The largest absolute Gasteiger partial charge is 0.476 e. The number of nitrogens with zero attached hydrogens (tertiary/aromatic N) is 5. The lowest BCUT2D eigenvalue weighted by Crippen LogP contribution is -2.08. The maximum atomic E-state index is 11.3. The number of aromatic nitrogens is 5. The third-order valence-corrected chi connectivity index (χ3v) is 3.17. The van der Waals surface area contributed by atoms with E-state index in [1.807, 2.05) is 30.3 Å². The fourth-order valence-electron chi connectivity index (χ4n) is 2.16. The molecule has 0 saturated heterocycles. The Morgan fingerprint density at radius 1 is 1.29 bits per heavy atom. The third kappa shape index (κ3) is 2.40. The summed E-state index contributed by atoms with van der Waals surface area (Å²) in [5, 5.41) is 17.0. The Morgan fingerprint density at radius 2 is 2.05 bits per heavy atom. The van der Waals surface area contributed by atoms with Gasteiger partial charge in [0.25, 0.3) is 0 Å². The van der Waals surface area contributed by atoms with Crippen molar-refractivity contribution in [3.8, 4) is 11.4 Å². The summed E-state index contributed by atoms with van der Waals surface area (Å²) >= 11 is 0. The molecule has 0 saturated carbocycles. The Labute approximate surface area is 120 Å². The Kier molecular flexibility index (Phi) is 3.23. The molecule has 0 spiro atoms. The van der Waals surface area contributed by atoms with Crippen LogP contribution >= 0.6 is 0 Å². The van der Waals surface area contributed by atoms with Crippen LogP contribution in [0.3, 0.4) is 0 Å². The van der Waals surface area contributed by atoms with Gasteiger partial charge in [-0.15, -0.1) is 5.10 Å². The fourth-order valence-corrected chi connectivity index (χ4v) is 2.16. The molecule has 0 bridgehead atoms. The van der Waals surface area contributed by atoms with Gasteiger partial charge < -0.3 is 9.67 Å². The molecular weight excluding hydrogens is 270 g/mol. The summed E-state index contributed by atoms with van der Waals surface area (Å²) in [6, 6.07) is 9.68. The van der Waals surface area contributed by atoms with Gasteiger partial charge >= 0.3 is 5.97 Å². The summed E-state index contributed by atoms with van der Waals surface area (Å²) in [6.07, 6.45) is 3.22. The van der Waals surface area contributed by atoms with Gasteiger partial charge in [0.2, 0.25) is 0 Å². The minimum atomic E-state index is -1.11. The van der Waals surface area contributed by atoms with Gasteiger partial charge in [-0.25, -0.2) is 14.5 Å². The van der Waals surface area contributed by atoms with Crippen LogP contribution < -0.4 is 0 Å². The van der Waals surface area contributed by atoms with Crippen molar-refractivity contribution in [1.29, 1.82) is 0 Å². The summed E-state index contributed by atoms with van der Waals surface area (Å²) < 4.78 is 3.32. The van der Waals surface area contributed by atoms with Gasteiger partial charge in [-0.05, 0) is 5.56 Å². The number of imidazole rings is 1. The van der Waals surface area contributed by atoms with Gasteiger partial charge in [0.15, 0.2) is 5.69 Å². The first-order valence-electron chi connectivity index (χ1n) is 6.34. The first kappa shape index (κ1) is 13.0. The zero-order valence-electron chi connectivity index (χ0n) is 11.3. The normalized spacial score (nSPS) is 10.7. The third-order valence-electron chi connectivity index (χ3n) is 3.17. The number of aromatic carboxylic acids is 1. The molecule has 0 aliphatic heterocycles. The lowest BCUT2D eigenvalue weighted by molar-refractivity contribution is 0.0691. The second-order valence-electron chi connectivity index (χ2n) is 4.62. The van der Waals surface area contributed by atoms with Gasteiger partial charge in [0.05, 0.1) is 24.8 Å². The zero-order valence-corrected chi connectivity index (χ0v) is 11.3. The van der Waals surface area contributed by atoms with Gasteiger partial charge in [0.1, 0.15) is 5.69 Å². The van der Waals surface area contributed by atoms with Crippen LogP contribution in [0.1, 0.15) is 16.1 Å². The van der Waals surface area contributed by atoms with E-state index in [-0.39, 0.29) is 5.69 Å². The molecule has 106 valence electrons. The molecule has 0 fully saturated rings. The van der Waals surface area contributed by atoms with E-state index in [9.17, 15) is 9.90 Å². The molecule has 3 aromatic rings. The van der Waals surface area contributed by atoms with Crippen molar-refractivity contribution >= 4 is 5.97 Å². The quantitative estimate of drug-likeness (QED) is 0.782. The van der Waals surface area contributed by atoms with Gasteiger partial charge in [-0.2, -0.15) is 0 Å². The van der Waals surface area contributed by atoms with E-state index < -0.39 is 5.97 Å². The second-order valence-corrected chi connectivity index (χ2v) is 4.62. The lowest BCUT2D eigenvalue weighted by atomic mass is 10.2. The average Bonchev–Trinajstić information content (AvgIpc) is 3.06. The number of hydrogen-bond acceptors (Lipinski definition) is 4. The molecule has 2 aromatic heterocycles. The van der Waals surface area contributed by atoms with Crippen LogP contribution in [0.25, 0.3) is 11.4 Å². The van der Waals surface area contributed by atoms with Crippen LogP contribution in [0.15, 0.2) is 42.9 Å². The second kappa shape index (κ2) is 5.20. The highest BCUT2D eigenvalue weighted by atomic mass is 16.4. The monoisotopic (exact) mass is 283 g/mol. The Morgan fingerprint density at radius 3 is 2.67 bits per heavy atom. The predicted molar refractivity (Wildman–Crippen MR) is 74.7 cm³/mol. The van der Waals surface area contributed by atoms with Crippen LogP contribution in [0, 0.1) is 0 Å². The van der Waals surface area contributed by atoms with Crippen molar-refractivity contribution in [1.82, 2.24) is 24.5 Å². The number of hydrogen-bond donors (Lipinski definition) is 1. The van der Waals surface area contributed by atoms with E-state index in [0.29, 0.717) is 17.9 Å². The molecule has 0 unspecified atom stereocenters. The standard InChI is InChI=1S/C14H13N5O2/c1-18-9-15-7-11(18)13-12(14(20)21)16-17-19(13)8-10-5-3-2-4-6-10/h2-7,9H,8H2,1H3,(H,20,21). The van der Waals surface area contributed by atoms with Crippen molar-refractivity contribution < 1.29 is 9.90 Å². The minimum absolute atomic E-state index is 0.0745. The summed E-state index contributed by atoms with van der Waals surface area (Å²) in [4.78, 5) is 15.4. The maximum Gasteiger partial charge on any atom is 0.358 e. The van der Waals surface area contributed by atoms with E-state index in [2.05, 4.69) is 15.3 Å². The number of carboxylic acids is 1. The summed E-state index contributed by atoms with van der Waals surface area (Å²) in [5.41, 5.74) is 2.05. The highest BCUT2D eigenvalue weighted by Gasteiger charge is 2.22. The van der Waals surface area contributed by atoms with E-state index in [1.165, 1.54) is 0 Å². The predicted octanol–water partition coefficient (Wildman–Crippen LogP) is 1.43. The molecule has 2 heterocycles. The van der Waals surface area contributed by atoms with Crippen molar-refractivity contribution in [2.75, 3.05) is 0 Å².